The van der Waals surface area contributed by atoms with Gasteiger partial charge < -0.3 is 10.1 Å². The molecule has 196 valence electrons. The van der Waals surface area contributed by atoms with Gasteiger partial charge in [-0.3, -0.25) is 19.2 Å². The van der Waals surface area contributed by atoms with E-state index in [1.165, 1.54) is 4.90 Å². The van der Waals surface area contributed by atoms with Gasteiger partial charge in [-0.05, 0) is 64.9 Å². The van der Waals surface area contributed by atoms with E-state index in [9.17, 15) is 22.8 Å². The average molecular weight is 518 g/mol. The summed E-state index contributed by atoms with van der Waals surface area (Å²) in [5.41, 5.74) is -1.23. The molecule has 3 aliphatic rings. The predicted molar refractivity (Wildman–Crippen MR) is 134 cm³/mol. The molecule has 1 heterocycles. The summed E-state index contributed by atoms with van der Waals surface area (Å²) in [5.74, 6) is -1.67. The van der Waals surface area contributed by atoms with Crippen molar-refractivity contribution in [2.75, 3.05) is 6.54 Å². The largest absolute Gasteiger partial charge is 0.444 e. The third-order valence-corrected chi connectivity index (χ3v) is 9.35. The predicted octanol–water partition coefficient (Wildman–Crippen LogP) is 2.67. The average Bonchev–Trinajstić information content (AvgIpc) is 3.67. The zero-order valence-electron chi connectivity index (χ0n) is 21.1. The van der Waals surface area contributed by atoms with Crippen LogP contribution in [-0.2, 0) is 30.8 Å². The molecule has 2 saturated carbocycles. The maximum atomic E-state index is 13.3. The second-order valence-electron chi connectivity index (χ2n) is 11.1. The summed E-state index contributed by atoms with van der Waals surface area (Å²) in [6.45, 7) is 9.35. The van der Waals surface area contributed by atoms with Crippen LogP contribution < -0.4 is 10.0 Å². The monoisotopic (exact) mass is 517 g/mol. The number of hydrogen-bond acceptors (Lipinski definition) is 6. The van der Waals surface area contributed by atoms with E-state index in [1.807, 2.05) is 30.3 Å². The lowest BCUT2D eigenvalue weighted by Gasteiger charge is -2.29. The Labute approximate surface area is 212 Å². The number of sulfonamides is 1. The molecular formula is C26H35N3O6S. The molecule has 9 nitrogen and oxygen atoms in total. The number of carbonyl (C=O) groups is 3. The standard InChI is InChI=1S/C26H35N3O6S/c1-5-19-17-26(19,27-21(30)20-12-9-15-29(20)23(32)35-24(2,3)4)22(31)28-36(33,34)25(13-14-25)16-18-10-7-6-8-11-18/h5-8,10-11,19-20H,1,9,12-17H2,2-4H3,(H,27,30)(H,28,31)/t19-,20+,26-/m1/s1. The van der Waals surface area contributed by atoms with E-state index < -0.39 is 55.8 Å². The molecule has 2 N–H and O–H groups in total. The van der Waals surface area contributed by atoms with Crippen molar-refractivity contribution in [1.29, 1.82) is 0 Å². The molecule has 1 aromatic carbocycles. The van der Waals surface area contributed by atoms with Gasteiger partial charge in [0.25, 0.3) is 5.91 Å². The lowest BCUT2D eigenvalue weighted by Crippen LogP contribution is -2.57. The Bertz CT molecular complexity index is 1160. The lowest BCUT2D eigenvalue weighted by molar-refractivity contribution is -0.131. The van der Waals surface area contributed by atoms with Crippen molar-refractivity contribution < 1.29 is 27.5 Å². The molecule has 1 saturated heterocycles. The second kappa shape index (κ2) is 9.21. The molecule has 2 aliphatic carbocycles. The van der Waals surface area contributed by atoms with E-state index >= 15 is 0 Å². The van der Waals surface area contributed by atoms with Crippen LogP contribution in [0.2, 0.25) is 0 Å². The fourth-order valence-corrected chi connectivity index (χ4v) is 6.52. The van der Waals surface area contributed by atoms with Crippen LogP contribution in [0.3, 0.4) is 0 Å². The molecular weight excluding hydrogens is 482 g/mol. The van der Waals surface area contributed by atoms with Crippen LogP contribution in [0.1, 0.15) is 58.4 Å². The SMILES string of the molecule is C=C[C@@H]1C[C@]1(NC(=O)[C@@H]1CCCN1C(=O)OC(C)(C)C)C(=O)NS(=O)(=O)C1(Cc2ccccc2)CC1. The Morgan fingerprint density at radius 2 is 1.86 bits per heavy atom. The minimum Gasteiger partial charge on any atom is -0.444 e. The van der Waals surface area contributed by atoms with Crippen molar-refractivity contribution in [3.05, 3.63) is 48.6 Å². The molecule has 4 rings (SSSR count). The Morgan fingerprint density at radius 1 is 1.19 bits per heavy atom. The molecule has 0 aromatic heterocycles. The molecule has 0 bridgehead atoms. The molecule has 3 amide bonds. The first-order valence-corrected chi connectivity index (χ1v) is 13.9. The number of hydrogen-bond donors (Lipinski definition) is 2. The summed E-state index contributed by atoms with van der Waals surface area (Å²) in [5, 5.41) is 2.77. The van der Waals surface area contributed by atoms with Gasteiger partial charge in [-0.25, -0.2) is 13.2 Å². The first kappa shape index (κ1) is 26.2. The third-order valence-electron chi connectivity index (χ3n) is 7.21. The Kier molecular flexibility index (Phi) is 6.70. The van der Waals surface area contributed by atoms with E-state index in [0.717, 1.165) is 5.56 Å². The maximum Gasteiger partial charge on any atom is 0.410 e. The molecule has 36 heavy (non-hydrogen) atoms. The second-order valence-corrected chi connectivity index (χ2v) is 13.2. The molecule has 3 atom stereocenters. The normalized spacial score (nSPS) is 26.6. The van der Waals surface area contributed by atoms with E-state index in [1.54, 1.807) is 26.8 Å². The molecule has 3 fully saturated rings. The lowest BCUT2D eigenvalue weighted by atomic mass is 10.1. The van der Waals surface area contributed by atoms with Gasteiger partial charge in [-0.2, -0.15) is 0 Å². The molecule has 0 spiro atoms. The van der Waals surface area contributed by atoms with Gasteiger partial charge >= 0.3 is 6.09 Å². The van der Waals surface area contributed by atoms with Crippen molar-refractivity contribution in [2.24, 2.45) is 5.92 Å². The smallest absolute Gasteiger partial charge is 0.410 e. The summed E-state index contributed by atoms with van der Waals surface area (Å²) in [7, 11) is -3.99. The van der Waals surface area contributed by atoms with Gasteiger partial charge in [0.05, 0.1) is 4.75 Å². The minimum absolute atomic E-state index is 0.244. The summed E-state index contributed by atoms with van der Waals surface area (Å²) in [6, 6.07) is 8.51. The molecule has 0 unspecified atom stereocenters. The quantitative estimate of drug-likeness (QED) is 0.512. The van der Waals surface area contributed by atoms with Crippen LogP contribution >= 0.6 is 0 Å². The first-order valence-electron chi connectivity index (χ1n) is 12.4. The summed E-state index contributed by atoms with van der Waals surface area (Å²) in [4.78, 5) is 40.6. The number of nitrogens with one attached hydrogen (secondary N) is 2. The van der Waals surface area contributed by atoms with Crippen LogP contribution in [0.15, 0.2) is 43.0 Å². The van der Waals surface area contributed by atoms with Crippen molar-refractivity contribution in [3.8, 4) is 0 Å². The highest BCUT2D eigenvalue weighted by atomic mass is 32.2. The van der Waals surface area contributed by atoms with Crippen molar-refractivity contribution in [3.63, 3.8) is 0 Å². The van der Waals surface area contributed by atoms with Gasteiger partial charge in [0.15, 0.2) is 0 Å². The Balaban J connectivity index is 1.46. The fourth-order valence-electron chi connectivity index (χ4n) is 4.88. The van der Waals surface area contributed by atoms with Crippen LogP contribution in [0.4, 0.5) is 4.79 Å². The minimum atomic E-state index is -3.99. The molecule has 1 aromatic rings. The Morgan fingerprint density at radius 3 is 2.42 bits per heavy atom. The van der Waals surface area contributed by atoms with E-state index in [2.05, 4.69) is 16.6 Å². The number of ether oxygens (including phenoxy) is 1. The first-order chi connectivity index (χ1) is 16.8. The van der Waals surface area contributed by atoms with E-state index in [-0.39, 0.29) is 6.42 Å². The van der Waals surface area contributed by atoms with Crippen molar-refractivity contribution in [2.45, 2.75) is 81.2 Å². The van der Waals surface area contributed by atoms with Gasteiger partial charge in [0, 0.05) is 12.5 Å². The van der Waals surface area contributed by atoms with Gasteiger partial charge in [0.1, 0.15) is 17.2 Å². The number of likely N-dealkylation sites (tertiary alicyclic amines) is 1. The third kappa shape index (κ3) is 5.14. The number of benzene rings is 1. The zero-order chi connectivity index (χ0) is 26.4. The topological polar surface area (TPSA) is 122 Å². The highest BCUT2D eigenvalue weighted by molar-refractivity contribution is 7.91. The summed E-state index contributed by atoms with van der Waals surface area (Å²) < 4.78 is 33.2. The molecule has 10 heteroatoms. The van der Waals surface area contributed by atoms with Crippen molar-refractivity contribution in [1.82, 2.24) is 14.9 Å². The highest BCUT2D eigenvalue weighted by Crippen LogP contribution is 2.48. The van der Waals surface area contributed by atoms with Crippen LogP contribution in [-0.4, -0.2) is 59.7 Å². The number of carbonyl (C=O) groups excluding carboxylic acids is 3. The van der Waals surface area contributed by atoms with Gasteiger partial charge in [0.2, 0.25) is 15.9 Å². The van der Waals surface area contributed by atoms with E-state index in [4.69, 9.17) is 4.74 Å². The van der Waals surface area contributed by atoms with E-state index in [0.29, 0.717) is 38.6 Å². The van der Waals surface area contributed by atoms with Gasteiger partial charge in [-0.15, -0.1) is 6.58 Å². The number of nitrogens with zero attached hydrogens (tertiary/aromatic N) is 1. The number of rotatable bonds is 8. The number of amides is 3. The Hall–Kier alpha value is -2.88. The molecule has 1 aliphatic heterocycles. The van der Waals surface area contributed by atoms with Crippen LogP contribution in [0, 0.1) is 5.92 Å². The fraction of sp³-hybridized carbons (Fsp3) is 0.577. The molecule has 0 radical (unpaired) electrons. The van der Waals surface area contributed by atoms with Crippen LogP contribution in [0.25, 0.3) is 0 Å². The maximum absolute atomic E-state index is 13.3. The van der Waals surface area contributed by atoms with Gasteiger partial charge in [-0.1, -0.05) is 36.4 Å². The summed E-state index contributed by atoms with van der Waals surface area (Å²) in [6.07, 6.45) is 3.49. The highest BCUT2D eigenvalue weighted by Gasteiger charge is 2.63. The van der Waals surface area contributed by atoms with Crippen molar-refractivity contribution >= 4 is 27.9 Å². The van der Waals surface area contributed by atoms with Crippen LogP contribution in [0.5, 0.6) is 0 Å². The zero-order valence-corrected chi connectivity index (χ0v) is 21.9. The summed E-state index contributed by atoms with van der Waals surface area (Å²) >= 11 is 0.